The van der Waals surface area contributed by atoms with Crippen LogP contribution >= 0.6 is 0 Å². The number of ether oxygens (including phenoxy) is 1. The Morgan fingerprint density at radius 2 is 1.77 bits per heavy atom. The van der Waals surface area contributed by atoms with Gasteiger partial charge in [0.05, 0.1) is 25.9 Å². The summed E-state index contributed by atoms with van der Waals surface area (Å²) in [6.07, 6.45) is -0.521. The molecule has 26 heavy (non-hydrogen) atoms. The van der Waals surface area contributed by atoms with Crippen LogP contribution in [0.3, 0.4) is 0 Å². The molecule has 2 saturated heterocycles. The number of morpholine rings is 1. The number of benzene rings is 1. The van der Waals surface area contributed by atoms with Gasteiger partial charge >= 0.3 is 0 Å². The van der Waals surface area contributed by atoms with Crippen LogP contribution in [-0.4, -0.2) is 92.5 Å². The number of hydrogen-bond acceptors (Lipinski definition) is 5. The van der Waals surface area contributed by atoms with Gasteiger partial charge in [-0.15, -0.1) is 0 Å². The summed E-state index contributed by atoms with van der Waals surface area (Å²) in [5.74, 6) is 0.254. The van der Waals surface area contributed by atoms with E-state index in [0.29, 0.717) is 19.0 Å². The first-order valence-electron chi connectivity index (χ1n) is 9.15. The van der Waals surface area contributed by atoms with Crippen LogP contribution in [0.4, 0.5) is 10.1 Å². The fraction of sp³-hybridized carbons (Fsp3) is 0.611. The summed E-state index contributed by atoms with van der Waals surface area (Å²) >= 11 is 0. The summed E-state index contributed by atoms with van der Waals surface area (Å²) < 4.78 is 18.3. The van der Waals surface area contributed by atoms with Crippen LogP contribution in [0.25, 0.3) is 0 Å². The van der Waals surface area contributed by atoms with Gasteiger partial charge < -0.3 is 25.4 Å². The first kappa shape index (κ1) is 18.9. The summed E-state index contributed by atoms with van der Waals surface area (Å²) in [7, 11) is 0. The standard InChI is InChI=1S/C18H28FN5O2/c19-15-1-3-16(4-2-15)23-5-7-24(8-6-23)18(20)21-13-17(25)14-22-9-11-26-12-10-22/h1-4,17,25H,5-14H2,(H2,20,21). The number of aliphatic hydroxyl groups is 1. The average molecular weight is 365 g/mol. The van der Waals surface area contributed by atoms with E-state index in [0.717, 1.165) is 58.2 Å². The molecule has 1 aromatic rings. The van der Waals surface area contributed by atoms with Crippen LogP contribution in [0, 0.1) is 5.82 Å². The normalized spacial score (nSPS) is 21.1. The van der Waals surface area contributed by atoms with E-state index in [1.807, 2.05) is 4.90 Å². The quantitative estimate of drug-likeness (QED) is 0.563. The lowest BCUT2D eigenvalue weighted by Crippen LogP contribution is -2.51. The number of aliphatic hydroxyl groups excluding tert-OH is 1. The maximum atomic E-state index is 13.0. The van der Waals surface area contributed by atoms with Gasteiger partial charge in [0.2, 0.25) is 0 Å². The number of nitrogens with zero attached hydrogens (tertiary/aromatic N) is 4. The van der Waals surface area contributed by atoms with Crippen LogP contribution < -0.4 is 10.6 Å². The topological polar surface area (TPSA) is 77.6 Å². The lowest BCUT2D eigenvalue weighted by atomic mass is 10.2. The second-order valence-corrected chi connectivity index (χ2v) is 6.72. The summed E-state index contributed by atoms with van der Waals surface area (Å²) in [6.45, 7) is 7.16. The Hall–Kier alpha value is -1.90. The Kier molecular flexibility index (Phi) is 6.65. The van der Waals surface area contributed by atoms with E-state index in [1.165, 1.54) is 12.1 Å². The molecule has 2 aliphatic heterocycles. The number of β-amino-alcohol motifs (C(OH)–C–C–N with tert-alkyl or cyclic N) is 1. The largest absolute Gasteiger partial charge is 0.390 e. The van der Waals surface area contributed by atoms with Gasteiger partial charge in [-0.1, -0.05) is 0 Å². The molecule has 2 heterocycles. The third-order valence-corrected chi connectivity index (χ3v) is 4.83. The molecule has 0 aliphatic carbocycles. The SMILES string of the molecule is NC(=NCC(O)CN1CCOCC1)N1CCN(c2ccc(F)cc2)CC1. The number of aliphatic imine (C=N–C) groups is 1. The molecule has 0 aromatic heterocycles. The van der Waals surface area contributed by atoms with E-state index in [4.69, 9.17) is 10.5 Å². The van der Waals surface area contributed by atoms with Crippen molar-refractivity contribution in [1.29, 1.82) is 0 Å². The van der Waals surface area contributed by atoms with Crippen molar-refractivity contribution in [2.45, 2.75) is 6.10 Å². The van der Waals surface area contributed by atoms with Gasteiger partial charge in [0.15, 0.2) is 5.96 Å². The monoisotopic (exact) mass is 365 g/mol. The average Bonchev–Trinajstić information content (AvgIpc) is 2.68. The Morgan fingerprint density at radius 3 is 2.42 bits per heavy atom. The molecule has 0 bridgehead atoms. The van der Waals surface area contributed by atoms with E-state index in [2.05, 4.69) is 14.8 Å². The van der Waals surface area contributed by atoms with Gasteiger partial charge in [-0.05, 0) is 24.3 Å². The summed E-state index contributed by atoms with van der Waals surface area (Å²) in [6, 6.07) is 6.55. The Labute approximate surface area is 153 Å². The van der Waals surface area contributed by atoms with Crippen molar-refractivity contribution in [2.75, 3.05) is 70.5 Å². The maximum Gasteiger partial charge on any atom is 0.191 e. The van der Waals surface area contributed by atoms with E-state index < -0.39 is 6.10 Å². The summed E-state index contributed by atoms with van der Waals surface area (Å²) in [5.41, 5.74) is 7.11. The predicted molar refractivity (Wildman–Crippen MR) is 99.9 cm³/mol. The second-order valence-electron chi connectivity index (χ2n) is 6.72. The van der Waals surface area contributed by atoms with Crippen molar-refractivity contribution in [2.24, 2.45) is 10.7 Å². The van der Waals surface area contributed by atoms with E-state index in [1.54, 1.807) is 12.1 Å². The van der Waals surface area contributed by atoms with Gasteiger partial charge in [-0.2, -0.15) is 0 Å². The van der Waals surface area contributed by atoms with Crippen LogP contribution in [0.2, 0.25) is 0 Å². The number of piperazine rings is 1. The number of anilines is 1. The Morgan fingerprint density at radius 1 is 1.12 bits per heavy atom. The fourth-order valence-corrected chi connectivity index (χ4v) is 3.28. The van der Waals surface area contributed by atoms with Crippen LogP contribution in [0.15, 0.2) is 29.3 Å². The van der Waals surface area contributed by atoms with Crippen LogP contribution in [0.1, 0.15) is 0 Å². The number of halogens is 1. The summed E-state index contributed by atoms with van der Waals surface area (Å²) in [4.78, 5) is 10.8. The first-order valence-corrected chi connectivity index (χ1v) is 9.15. The van der Waals surface area contributed by atoms with Gasteiger partial charge in [0.25, 0.3) is 0 Å². The molecule has 0 spiro atoms. The number of rotatable bonds is 5. The van der Waals surface area contributed by atoms with Crippen molar-refractivity contribution in [3.63, 3.8) is 0 Å². The molecule has 7 nitrogen and oxygen atoms in total. The molecule has 0 saturated carbocycles. The lowest BCUT2D eigenvalue weighted by Gasteiger charge is -2.36. The summed E-state index contributed by atoms with van der Waals surface area (Å²) in [5, 5.41) is 10.2. The zero-order chi connectivity index (χ0) is 18.4. The van der Waals surface area contributed by atoms with Crippen molar-refractivity contribution >= 4 is 11.6 Å². The highest BCUT2D eigenvalue weighted by Gasteiger charge is 2.19. The minimum atomic E-state index is -0.521. The predicted octanol–water partition coefficient (Wildman–Crippen LogP) is -0.0445. The molecule has 3 N–H and O–H groups in total. The fourth-order valence-electron chi connectivity index (χ4n) is 3.28. The minimum Gasteiger partial charge on any atom is -0.390 e. The third kappa shape index (κ3) is 5.30. The third-order valence-electron chi connectivity index (χ3n) is 4.83. The Balaban J connectivity index is 1.42. The van der Waals surface area contributed by atoms with Crippen molar-refractivity contribution in [1.82, 2.24) is 9.80 Å². The highest BCUT2D eigenvalue weighted by atomic mass is 19.1. The number of nitrogens with two attached hydrogens (primary N) is 1. The van der Waals surface area contributed by atoms with Crippen LogP contribution in [0.5, 0.6) is 0 Å². The minimum absolute atomic E-state index is 0.223. The molecule has 1 unspecified atom stereocenters. The van der Waals surface area contributed by atoms with Gasteiger partial charge in [0.1, 0.15) is 5.82 Å². The maximum absolute atomic E-state index is 13.0. The smallest absolute Gasteiger partial charge is 0.191 e. The molecule has 8 heteroatoms. The molecule has 1 atom stereocenters. The van der Waals surface area contributed by atoms with Gasteiger partial charge in [-0.3, -0.25) is 9.89 Å². The van der Waals surface area contributed by atoms with Crippen molar-refractivity contribution in [3.8, 4) is 0 Å². The van der Waals surface area contributed by atoms with Crippen molar-refractivity contribution in [3.05, 3.63) is 30.1 Å². The lowest BCUT2D eigenvalue weighted by molar-refractivity contribution is 0.0164. The zero-order valence-electron chi connectivity index (χ0n) is 15.1. The second kappa shape index (κ2) is 9.16. The van der Waals surface area contributed by atoms with Crippen LogP contribution in [-0.2, 0) is 4.74 Å². The number of guanidine groups is 1. The van der Waals surface area contributed by atoms with Crippen molar-refractivity contribution < 1.29 is 14.2 Å². The number of hydrogen-bond donors (Lipinski definition) is 2. The first-order chi connectivity index (χ1) is 12.6. The van der Waals surface area contributed by atoms with E-state index in [9.17, 15) is 9.50 Å². The highest BCUT2D eigenvalue weighted by Crippen LogP contribution is 2.16. The molecule has 144 valence electrons. The van der Waals surface area contributed by atoms with Gasteiger partial charge in [-0.25, -0.2) is 4.39 Å². The molecular weight excluding hydrogens is 337 g/mol. The molecule has 3 rings (SSSR count). The molecular formula is C18H28FN5O2. The molecule has 0 amide bonds. The van der Waals surface area contributed by atoms with Gasteiger partial charge in [0, 0.05) is 51.5 Å². The highest BCUT2D eigenvalue weighted by molar-refractivity contribution is 5.78. The van der Waals surface area contributed by atoms with E-state index >= 15 is 0 Å². The Bertz CT molecular complexity index is 584. The zero-order valence-corrected chi connectivity index (χ0v) is 15.1. The molecule has 2 aliphatic rings. The van der Waals surface area contributed by atoms with E-state index in [-0.39, 0.29) is 5.82 Å². The molecule has 1 aromatic carbocycles. The molecule has 2 fully saturated rings. The molecule has 0 radical (unpaired) electrons.